The molecule has 0 aromatic heterocycles. The molecule has 0 aliphatic carbocycles. The first kappa shape index (κ1) is 39.1. The summed E-state index contributed by atoms with van der Waals surface area (Å²) in [5.41, 5.74) is 7.20. The van der Waals surface area contributed by atoms with Crippen molar-refractivity contribution in [1.29, 1.82) is 0 Å². The van der Waals surface area contributed by atoms with Crippen LogP contribution in [0.3, 0.4) is 0 Å². The van der Waals surface area contributed by atoms with Crippen molar-refractivity contribution in [2.45, 2.75) is 62.8 Å². The van der Waals surface area contributed by atoms with Crippen LogP contribution in [0.25, 0.3) is 11.1 Å². The molecule has 0 saturated carbocycles. The highest BCUT2D eigenvalue weighted by molar-refractivity contribution is 7.86. The molecule has 8 rings (SSSR count). The lowest BCUT2D eigenvalue weighted by atomic mass is 9.97. The lowest BCUT2D eigenvalue weighted by Crippen LogP contribution is -2.43. The first-order valence-corrected chi connectivity index (χ1v) is 20.9. The van der Waals surface area contributed by atoms with Gasteiger partial charge in [-0.15, -0.1) is 0 Å². The Labute approximate surface area is 338 Å². The molecular formula is C45H46N2O10S. The maximum absolute atomic E-state index is 14.0. The van der Waals surface area contributed by atoms with Gasteiger partial charge in [0, 0.05) is 36.0 Å². The molecule has 2 amide bonds. The highest BCUT2D eigenvalue weighted by Gasteiger charge is 2.45. The van der Waals surface area contributed by atoms with Gasteiger partial charge in [-0.25, -0.2) is 0 Å². The van der Waals surface area contributed by atoms with Gasteiger partial charge in [-0.1, -0.05) is 42.0 Å². The highest BCUT2D eigenvalue weighted by Crippen LogP contribution is 2.42. The Kier molecular flexibility index (Phi) is 10.7. The molecule has 1 unspecified atom stereocenters. The summed E-state index contributed by atoms with van der Waals surface area (Å²) in [5.74, 6) is 1.99. The fourth-order valence-corrected chi connectivity index (χ4v) is 9.48. The van der Waals surface area contributed by atoms with Gasteiger partial charge in [-0.05, 0) is 109 Å². The number of carbonyl (C=O) groups excluding carboxylic acids is 2. The number of ether oxygens (including phenoxy) is 5. The largest absolute Gasteiger partial charge is 0.497 e. The molecule has 302 valence electrons. The first-order chi connectivity index (χ1) is 27.9. The molecule has 4 aliphatic rings. The van der Waals surface area contributed by atoms with Gasteiger partial charge in [0.2, 0.25) is 0 Å². The number of rotatable bonds is 12. The molecule has 0 fully saturated rings. The third-order valence-electron chi connectivity index (χ3n) is 11.6. The average molecular weight is 807 g/mol. The van der Waals surface area contributed by atoms with E-state index in [-0.39, 0.29) is 49.5 Å². The predicted octanol–water partition coefficient (Wildman–Crippen LogP) is 7.14. The van der Waals surface area contributed by atoms with Crippen LogP contribution in [0.15, 0.2) is 85.2 Å². The van der Waals surface area contributed by atoms with Crippen LogP contribution < -0.4 is 23.7 Å². The molecule has 4 heterocycles. The van der Waals surface area contributed by atoms with Gasteiger partial charge in [0.25, 0.3) is 21.9 Å². The Morgan fingerprint density at radius 2 is 1.22 bits per heavy atom. The van der Waals surface area contributed by atoms with Crippen molar-refractivity contribution in [3.8, 4) is 28.7 Å². The van der Waals surface area contributed by atoms with Crippen molar-refractivity contribution >= 4 is 33.1 Å². The minimum absolute atomic E-state index is 0.0532. The van der Waals surface area contributed by atoms with Crippen LogP contribution in [0, 0.1) is 6.92 Å². The average Bonchev–Trinajstić information content (AvgIpc) is 3.81. The Hall–Kier alpha value is -5.79. The van der Waals surface area contributed by atoms with Crippen LogP contribution >= 0.6 is 0 Å². The SMILES string of the molecule is COc1ccc(C2=CN3C(=O)c4cc(OC)c(OCCCOc5cc6c(cc5OC)C(=O)N5C=C(c7ccc(C)cc7)C[C@H]5C(S(=O)(=O)O)C6)cc4CC[C@@H]3C2)cc1. The van der Waals surface area contributed by atoms with Gasteiger partial charge in [-0.2, -0.15) is 8.42 Å². The van der Waals surface area contributed by atoms with E-state index in [1.54, 1.807) is 38.6 Å². The number of hydrogen-bond donors (Lipinski definition) is 1. The summed E-state index contributed by atoms with van der Waals surface area (Å²) in [4.78, 5) is 31.1. The summed E-state index contributed by atoms with van der Waals surface area (Å²) in [6.07, 6.45) is 6.59. The van der Waals surface area contributed by atoms with Gasteiger partial charge in [0.1, 0.15) is 11.0 Å². The van der Waals surface area contributed by atoms with Crippen LogP contribution in [0.5, 0.6) is 28.7 Å². The summed E-state index contributed by atoms with van der Waals surface area (Å²) >= 11 is 0. The summed E-state index contributed by atoms with van der Waals surface area (Å²) in [6.45, 7) is 2.47. The predicted molar refractivity (Wildman–Crippen MR) is 218 cm³/mol. The van der Waals surface area contributed by atoms with Crippen molar-refractivity contribution in [2.75, 3.05) is 34.5 Å². The second-order valence-electron chi connectivity index (χ2n) is 15.1. The fourth-order valence-electron chi connectivity index (χ4n) is 8.46. The summed E-state index contributed by atoms with van der Waals surface area (Å²) in [5, 5.41) is -1.25. The zero-order valence-electron chi connectivity index (χ0n) is 32.9. The Morgan fingerprint density at radius 1 is 0.672 bits per heavy atom. The zero-order chi connectivity index (χ0) is 40.7. The van der Waals surface area contributed by atoms with Crippen molar-refractivity contribution in [3.05, 3.63) is 124 Å². The molecule has 4 aliphatic heterocycles. The third kappa shape index (κ3) is 7.51. The lowest BCUT2D eigenvalue weighted by Gasteiger charge is -2.26. The summed E-state index contributed by atoms with van der Waals surface area (Å²) in [6, 6.07) is 21.8. The molecule has 13 heteroatoms. The van der Waals surface area contributed by atoms with Crippen LogP contribution in [0.1, 0.15) is 74.2 Å². The number of methoxy groups -OCH3 is 3. The molecule has 0 radical (unpaired) electrons. The molecule has 4 aromatic rings. The van der Waals surface area contributed by atoms with E-state index >= 15 is 0 Å². The highest BCUT2D eigenvalue weighted by atomic mass is 32.2. The van der Waals surface area contributed by atoms with Crippen molar-refractivity contribution in [2.24, 2.45) is 0 Å². The van der Waals surface area contributed by atoms with Crippen molar-refractivity contribution < 1.29 is 46.2 Å². The minimum atomic E-state index is -4.55. The van der Waals surface area contributed by atoms with Gasteiger partial charge < -0.3 is 33.5 Å². The standard InChI is InChI=1S/C45H46N2O10S/c1-27-6-8-28(9-7-27)33-19-38-43(58(50,51)52)22-31-21-42(40(55-4)24-37(31)45(49)47(38)26-33)57-17-5-16-56-41-20-30-10-13-34-18-32(29-11-14-35(53-2)15-12-29)25-46(34)44(48)36(30)23-39(41)54-3/h6-9,11-12,14-15,20-21,23-26,34,38,43H,5,10,13,16-19,22H2,1-4H3,(H,50,51,52)/t34-,38+,43?/m1/s1. The molecule has 0 bridgehead atoms. The number of fused-ring (bicyclic) bond motifs is 4. The number of aryl methyl sites for hydroxylation is 2. The van der Waals surface area contributed by atoms with Crippen LogP contribution in [-0.4, -0.2) is 86.5 Å². The van der Waals surface area contributed by atoms with E-state index < -0.39 is 21.4 Å². The van der Waals surface area contributed by atoms with E-state index in [2.05, 4.69) is 0 Å². The Bertz CT molecular complexity index is 2420. The monoisotopic (exact) mass is 806 g/mol. The second-order valence-corrected chi connectivity index (χ2v) is 16.8. The normalized spacial score (nSPS) is 19.8. The quantitative estimate of drug-likeness (QED) is 0.116. The van der Waals surface area contributed by atoms with E-state index in [4.69, 9.17) is 23.7 Å². The first-order valence-electron chi connectivity index (χ1n) is 19.4. The van der Waals surface area contributed by atoms with Gasteiger partial charge in [0.05, 0.1) is 40.6 Å². The number of amides is 2. The molecule has 1 N–H and O–H groups in total. The van der Waals surface area contributed by atoms with Crippen molar-refractivity contribution in [1.82, 2.24) is 9.80 Å². The minimum Gasteiger partial charge on any atom is -0.497 e. The molecule has 0 saturated heterocycles. The van der Waals surface area contributed by atoms with E-state index in [9.17, 15) is 22.6 Å². The molecule has 0 spiro atoms. The van der Waals surface area contributed by atoms with E-state index in [0.717, 1.165) is 52.0 Å². The number of benzene rings is 4. The zero-order valence-corrected chi connectivity index (χ0v) is 33.7. The molecular weight excluding hydrogens is 761 g/mol. The Morgan fingerprint density at radius 3 is 1.83 bits per heavy atom. The number of hydrogen-bond acceptors (Lipinski definition) is 9. The maximum atomic E-state index is 14.0. The Balaban J connectivity index is 0.942. The van der Waals surface area contributed by atoms with Crippen LogP contribution in [0.4, 0.5) is 0 Å². The van der Waals surface area contributed by atoms with E-state index in [1.165, 1.54) is 12.0 Å². The van der Waals surface area contributed by atoms with Crippen LogP contribution in [-0.2, 0) is 23.0 Å². The summed E-state index contributed by atoms with van der Waals surface area (Å²) in [7, 11) is 0.111. The number of nitrogens with zero attached hydrogens (tertiary/aromatic N) is 2. The molecule has 58 heavy (non-hydrogen) atoms. The van der Waals surface area contributed by atoms with E-state index in [0.29, 0.717) is 47.0 Å². The van der Waals surface area contributed by atoms with Crippen LogP contribution in [0.2, 0.25) is 0 Å². The van der Waals surface area contributed by atoms with Gasteiger partial charge >= 0.3 is 0 Å². The smallest absolute Gasteiger partial charge is 0.270 e. The van der Waals surface area contributed by atoms with Crippen molar-refractivity contribution in [3.63, 3.8) is 0 Å². The van der Waals surface area contributed by atoms with Gasteiger partial charge in [-0.3, -0.25) is 14.1 Å². The maximum Gasteiger partial charge on any atom is 0.270 e. The van der Waals surface area contributed by atoms with E-state index in [1.807, 2.05) is 72.6 Å². The fraction of sp³-hybridized carbons (Fsp3) is 0.333. The topological polar surface area (TPSA) is 141 Å². The third-order valence-corrected chi connectivity index (χ3v) is 12.8. The second kappa shape index (κ2) is 15.9. The molecule has 12 nitrogen and oxygen atoms in total. The molecule has 4 aromatic carbocycles. The lowest BCUT2D eigenvalue weighted by molar-refractivity contribution is 0.0780. The summed E-state index contributed by atoms with van der Waals surface area (Å²) < 4.78 is 65.0. The molecule has 3 atom stereocenters. The number of carbonyl (C=O) groups is 2. The van der Waals surface area contributed by atoms with Gasteiger partial charge in [0.15, 0.2) is 23.0 Å².